The first-order valence-electron chi connectivity index (χ1n) is 5.33. The van der Waals surface area contributed by atoms with Crippen molar-refractivity contribution in [3.8, 4) is 5.69 Å². The van der Waals surface area contributed by atoms with E-state index < -0.39 is 45.7 Å². The van der Waals surface area contributed by atoms with E-state index in [4.69, 9.17) is 0 Å². The summed E-state index contributed by atoms with van der Waals surface area (Å²) in [5.41, 5.74) is -3.63. The Hall–Kier alpha value is -2.64. The molecule has 0 saturated carbocycles. The summed E-state index contributed by atoms with van der Waals surface area (Å²) in [7, 11) is 0. The van der Waals surface area contributed by atoms with Crippen LogP contribution in [0.25, 0.3) is 5.69 Å². The lowest BCUT2D eigenvalue weighted by atomic mass is 10.2. The lowest BCUT2D eigenvalue weighted by Gasteiger charge is -2.07. The van der Waals surface area contributed by atoms with E-state index in [1.165, 1.54) is 0 Å². The zero-order valence-corrected chi connectivity index (χ0v) is 10.0. The van der Waals surface area contributed by atoms with Gasteiger partial charge in [-0.25, -0.2) is 22.5 Å². The number of carbonyl (C=O) groups is 1. The summed E-state index contributed by atoms with van der Waals surface area (Å²) in [6.07, 6.45) is 0.858. The standard InChI is InChI=1S/C12H7F3N2O3/c1-5(18)7-4-16-12(20)17(11(7)19)9-3-6(13)2-8(14)10(9)15/h2-4H,1H3,(H,16,20). The van der Waals surface area contributed by atoms with Crippen molar-refractivity contribution in [1.82, 2.24) is 9.55 Å². The number of hydrogen-bond acceptors (Lipinski definition) is 3. The number of Topliss-reactive ketones (excluding diaryl/α,β-unsaturated/α-hetero) is 1. The van der Waals surface area contributed by atoms with Gasteiger partial charge in [0.1, 0.15) is 5.82 Å². The molecule has 2 aromatic rings. The molecule has 0 unspecified atom stereocenters. The van der Waals surface area contributed by atoms with Crippen LogP contribution in [0.1, 0.15) is 17.3 Å². The third-order valence-corrected chi connectivity index (χ3v) is 2.57. The molecule has 0 amide bonds. The number of H-pyrrole nitrogens is 1. The van der Waals surface area contributed by atoms with Gasteiger partial charge in [0.15, 0.2) is 17.4 Å². The average molecular weight is 284 g/mol. The minimum absolute atomic E-state index is 0.165. The van der Waals surface area contributed by atoms with Gasteiger partial charge in [-0.15, -0.1) is 0 Å². The molecule has 20 heavy (non-hydrogen) atoms. The normalized spacial score (nSPS) is 10.6. The van der Waals surface area contributed by atoms with E-state index in [2.05, 4.69) is 0 Å². The number of hydrogen-bond donors (Lipinski definition) is 1. The van der Waals surface area contributed by atoms with Gasteiger partial charge in [-0.05, 0) is 6.92 Å². The van der Waals surface area contributed by atoms with Crippen LogP contribution in [-0.2, 0) is 0 Å². The molecule has 1 aromatic carbocycles. The maximum Gasteiger partial charge on any atom is 0.333 e. The van der Waals surface area contributed by atoms with Gasteiger partial charge >= 0.3 is 5.69 Å². The van der Waals surface area contributed by atoms with Crippen molar-refractivity contribution in [2.75, 3.05) is 0 Å². The summed E-state index contributed by atoms with van der Waals surface area (Å²) in [5, 5.41) is 0. The predicted octanol–water partition coefficient (Wildman–Crippen LogP) is 1.15. The summed E-state index contributed by atoms with van der Waals surface area (Å²) in [4.78, 5) is 36.7. The van der Waals surface area contributed by atoms with E-state index in [-0.39, 0.29) is 10.6 Å². The summed E-state index contributed by atoms with van der Waals surface area (Å²) in [6.45, 7) is 1.06. The molecule has 0 fully saturated rings. The van der Waals surface area contributed by atoms with Crippen molar-refractivity contribution >= 4 is 5.78 Å². The fraction of sp³-hybridized carbons (Fsp3) is 0.0833. The van der Waals surface area contributed by atoms with Gasteiger partial charge in [0, 0.05) is 18.3 Å². The Morgan fingerprint density at radius 1 is 1.20 bits per heavy atom. The van der Waals surface area contributed by atoms with E-state index in [9.17, 15) is 27.6 Å². The Labute approximate surface area is 109 Å². The van der Waals surface area contributed by atoms with Crippen molar-refractivity contribution < 1.29 is 18.0 Å². The van der Waals surface area contributed by atoms with E-state index in [1.807, 2.05) is 4.98 Å². The summed E-state index contributed by atoms with van der Waals surface area (Å²) in [5.74, 6) is -4.98. The first-order chi connectivity index (χ1) is 9.32. The molecule has 0 aliphatic heterocycles. The summed E-state index contributed by atoms with van der Waals surface area (Å²) in [6, 6.07) is 0.756. The lowest BCUT2D eigenvalue weighted by Crippen LogP contribution is -2.37. The quantitative estimate of drug-likeness (QED) is 0.664. The van der Waals surface area contributed by atoms with E-state index >= 15 is 0 Å². The molecule has 2 rings (SSSR count). The molecule has 1 heterocycles. The van der Waals surface area contributed by atoms with Crippen LogP contribution in [0.3, 0.4) is 0 Å². The van der Waals surface area contributed by atoms with Crippen LogP contribution in [0, 0.1) is 17.5 Å². The Balaban J connectivity index is 2.90. The highest BCUT2D eigenvalue weighted by molar-refractivity contribution is 5.93. The van der Waals surface area contributed by atoms with Crippen LogP contribution in [0.5, 0.6) is 0 Å². The van der Waals surface area contributed by atoms with Crippen molar-refractivity contribution in [2.24, 2.45) is 0 Å². The lowest BCUT2D eigenvalue weighted by molar-refractivity contribution is 0.101. The minimum atomic E-state index is -1.57. The number of halogens is 3. The van der Waals surface area contributed by atoms with Crippen LogP contribution in [-0.4, -0.2) is 15.3 Å². The summed E-state index contributed by atoms with van der Waals surface area (Å²) < 4.78 is 40.0. The van der Waals surface area contributed by atoms with Crippen LogP contribution in [0.2, 0.25) is 0 Å². The van der Waals surface area contributed by atoms with E-state index in [0.29, 0.717) is 6.07 Å². The maximum absolute atomic E-state index is 13.6. The zero-order chi connectivity index (χ0) is 15.0. The maximum atomic E-state index is 13.6. The van der Waals surface area contributed by atoms with Gasteiger partial charge in [0.2, 0.25) is 0 Å². The molecular formula is C12H7F3N2O3. The van der Waals surface area contributed by atoms with Crippen LogP contribution in [0.15, 0.2) is 27.9 Å². The number of aromatic amines is 1. The molecule has 1 N–H and O–H groups in total. The Morgan fingerprint density at radius 2 is 1.85 bits per heavy atom. The van der Waals surface area contributed by atoms with Gasteiger partial charge in [0.05, 0.1) is 11.3 Å². The van der Waals surface area contributed by atoms with Gasteiger partial charge in [-0.2, -0.15) is 0 Å². The first-order valence-corrected chi connectivity index (χ1v) is 5.33. The van der Waals surface area contributed by atoms with Crippen LogP contribution in [0.4, 0.5) is 13.2 Å². The predicted molar refractivity (Wildman–Crippen MR) is 62.5 cm³/mol. The van der Waals surface area contributed by atoms with Gasteiger partial charge in [0.25, 0.3) is 5.56 Å². The SMILES string of the molecule is CC(=O)c1c[nH]c(=O)n(-c2cc(F)cc(F)c2F)c1=O. The monoisotopic (exact) mass is 284 g/mol. The smallest absolute Gasteiger partial charge is 0.313 e. The van der Waals surface area contributed by atoms with Gasteiger partial charge < -0.3 is 4.98 Å². The molecule has 5 nitrogen and oxygen atoms in total. The molecule has 0 atom stereocenters. The number of ketones is 1. The first kappa shape index (κ1) is 13.8. The van der Waals surface area contributed by atoms with Crippen LogP contribution >= 0.6 is 0 Å². The third-order valence-electron chi connectivity index (χ3n) is 2.57. The fourth-order valence-corrected chi connectivity index (χ4v) is 1.65. The van der Waals surface area contributed by atoms with Gasteiger partial charge in [-0.1, -0.05) is 0 Å². The number of benzene rings is 1. The molecule has 0 aliphatic rings. The molecule has 0 radical (unpaired) electrons. The molecule has 1 aromatic heterocycles. The number of nitrogens with zero attached hydrogens (tertiary/aromatic N) is 1. The van der Waals surface area contributed by atoms with Crippen molar-refractivity contribution in [1.29, 1.82) is 0 Å². The minimum Gasteiger partial charge on any atom is -0.313 e. The Morgan fingerprint density at radius 3 is 2.45 bits per heavy atom. The van der Waals surface area contributed by atoms with Crippen LogP contribution < -0.4 is 11.2 Å². The molecule has 0 spiro atoms. The van der Waals surface area contributed by atoms with Crippen molar-refractivity contribution in [3.05, 3.63) is 62.2 Å². The number of nitrogens with one attached hydrogen (secondary N) is 1. The second-order valence-electron chi connectivity index (χ2n) is 3.92. The number of aromatic nitrogens is 2. The second kappa shape index (κ2) is 4.80. The molecule has 0 aliphatic carbocycles. The van der Waals surface area contributed by atoms with E-state index in [0.717, 1.165) is 13.1 Å². The zero-order valence-electron chi connectivity index (χ0n) is 10.0. The largest absolute Gasteiger partial charge is 0.333 e. The Bertz CT molecular complexity index is 824. The third kappa shape index (κ3) is 2.15. The van der Waals surface area contributed by atoms with Gasteiger partial charge in [-0.3, -0.25) is 9.59 Å². The summed E-state index contributed by atoms with van der Waals surface area (Å²) >= 11 is 0. The molecule has 8 heteroatoms. The highest BCUT2D eigenvalue weighted by Gasteiger charge is 2.18. The number of rotatable bonds is 2. The van der Waals surface area contributed by atoms with Crippen molar-refractivity contribution in [2.45, 2.75) is 6.92 Å². The van der Waals surface area contributed by atoms with E-state index in [1.54, 1.807) is 0 Å². The van der Waals surface area contributed by atoms with Crippen molar-refractivity contribution in [3.63, 3.8) is 0 Å². The number of carbonyl (C=O) groups excluding carboxylic acids is 1. The average Bonchev–Trinajstić information content (AvgIpc) is 2.34. The fourth-order valence-electron chi connectivity index (χ4n) is 1.65. The topological polar surface area (TPSA) is 71.9 Å². The highest BCUT2D eigenvalue weighted by Crippen LogP contribution is 2.16. The molecular weight excluding hydrogens is 277 g/mol. The molecule has 0 saturated heterocycles. The second-order valence-corrected chi connectivity index (χ2v) is 3.92. The Kier molecular flexibility index (Phi) is 3.31. The highest BCUT2D eigenvalue weighted by atomic mass is 19.2. The molecule has 0 bridgehead atoms. The molecule has 104 valence electrons.